The summed E-state index contributed by atoms with van der Waals surface area (Å²) in [6, 6.07) is 0. The van der Waals surface area contributed by atoms with E-state index in [9.17, 15) is 4.79 Å². The zero-order valence-corrected chi connectivity index (χ0v) is 11.1. The Kier molecular flexibility index (Phi) is 4.71. The van der Waals surface area contributed by atoms with E-state index in [0.717, 1.165) is 45.1 Å². The van der Waals surface area contributed by atoms with Crippen LogP contribution in [0.1, 0.15) is 45.4 Å². The summed E-state index contributed by atoms with van der Waals surface area (Å²) in [6.45, 7) is 2.93. The van der Waals surface area contributed by atoms with Crippen molar-refractivity contribution < 1.29 is 4.79 Å². The van der Waals surface area contributed by atoms with E-state index in [0.29, 0.717) is 4.99 Å². The van der Waals surface area contributed by atoms with Crippen molar-refractivity contribution in [2.45, 2.75) is 45.4 Å². The molecule has 0 atom stereocenters. The maximum absolute atomic E-state index is 12.4. The van der Waals surface area contributed by atoms with Gasteiger partial charge in [-0.2, -0.15) is 0 Å². The van der Waals surface area contributed by atoms with Crippen LogP contribution in [0.25, 0.3) is 0 Å². The summed E-state index contributed by atoms with van der Waals surface area (Å²) in [4.78, 5) is 14.6. The number of thiocarbonyl (C=S) groups is 1. The minimum Gasteiger partial charge on any atom is -0.392 e. The Morgan fingerprint density at radius 2 is 2.00 bits per heavy atom. The number of unbranched alkanes of at least 4 members (excludes halogenated alkanes) is 1. The second-order valence-electron chi connectivity index (χ2n) is 4.73. The molecule has 0 spiro atoms. The zero-order valence-electron chi connectivity index (χ0n) is 10.3. The number of amides is 1. The molecule has 2 N–H and O–H groups in total. The van der Waals surface area contributed by atoms with Crippen LogP contribution in [0.4, 0.5) is 0 Å². The number of hydrogen-bond acceptors (Lipinski definition) is 2. The second kappa shape index (κ2) is 5.62. The zero-order chi connectivity index (χ0) is 12.2. The molecule has 0 saturated heterocycles. The number of carbonyl (C=O) groups is 1. The van der Waals surface area contributed by atoms with Crippen molar-refractivity contribution in [2.75, 3.05) is 13.6 Å². The summed E-state index contributed by atoms with van der Waals surface area (Å²) in [5.41, 5.74) is 5.25. The first-order chi connectivity index (χ1) is 7.54. The summed E-state index contributed by atoms with van der Waals surface area (Å²) >= 11 is 5.11. The predicted octanol–water partition coefficient (Wildman–Crippen LogP) is 2.09. The van der Waals surface area contributed by atoms with Crippen LogP contribution in [0.15, 0.2) is 0 Å². The largest absolute Gasteiger partial charge is 0.392 e. The summed E-state index contributed by atoms with van der Waals surface area (Å²) in [5, 5.41) is 0. The van der Waals surface area contributed by atoms with E-state index in [-0.39, 0.29) is 5.91 Å². The number of nitrogens with zero attached hydrogens (tertiary/aromatic N) is 1. The van der Waals surface area contributed by atoms with Crippen molar-refractivity contribution in [3.63, 3.8) is 0 Å². The molecule has 1 amide bonds. The molecule has 0 aromatic carbocycles. The first kappa shape index (κ1) is 13.4. The second-order valence-corrected chi connectivity index (χ2v) is 5.17. The average molecular weight is 242 g/mol. The lowest BCUT2D eigenvalue weighted by molar-refractivity contribution is -0.136. The summed E-state index contributed by atoms with van der Waals surface area (Å²) in [5.74, 6) is 0.131. The fourth-order valence-electron chi connectivity index (χ4n) is 2.41. The molecule has 1 aliphatic carbocycles. The highest BCUT2D eigenvalue weighted by atomic mass is 32.1. The third-order valence-corrected chi connectivity index (χ3v) is 3.92. The molecule has 0 aromatic heterocycles. The Bertz CT molecular complexity index is 272. The van der Waals surface area contributed by atoms with Crippen LogP contribution in [0.2, 0.25) is 0 Å². The van der Waals surface area contributed by atoms with Crippen LogP contribution in [0, 0.1) is 5.41 Å². The molecule has 0 unspecified atom stereocenters. The van der Waals surface area contributed by atoms with Gasteiger partial charge in [-0.05, 0) is 19.3 Å². The lowest BCUT2D eigenvalue weighted by Crippen LogP contribution is -2.48. The molecule has 0 aromatic rings. The van der Waals surface area contributed by atoms with E-state index in [1.165, 1.54) is 0 Å². The van der Waals surface area contributed by atoms with Gasteiger partial charge in [-0.25, -0.2) is 0 Å². The number of carbonyl (C=O) groups excluding carboxylic acids is 1. The fraction of sp³-hybridized carbons (Fsp3) is 0.833. The fourth-order valence-corrected chi connectivity index (χ4v) is 2.70. The normalized spacial score (nSPS) is 18.4. The average Bonchev–Trinajstić information content (AvgIpc) is 2.75. The van der Waals surface area contributed by atoms with Crippen molar-refractivity contribution in [2.24, 2.45) is 11.1 Å². The van der Waals surface area contributed by atoms with E-state index in [2.05, 4.69) is 6.92 Å². The summed E-state index contributed by atoms with van der Waals surface area (Å²) in [7, 11) is 1.86. The standard InChI is InChI=1S/C12H22N2OS/c1-3-4-9-14(2)11(15)12(10(13)16)7-5-6-8-12/h3-9H2,1-2H3,(H2,13,16). The highest BCUT2D eigenvalue weighted by Crippen LogP contribution is 2.39. The van der Waals surface area contributed by atoms with Crippen molar-refractivity contribution in [1.29, 1.82) is 0 Å². The van der Waals surface area contributed by atoms with Gasteiger partial charge in [-0.15, -0.1) is 0 Å². The van der Waals surface area contributed by atoms with Gasteiger partial charge in [0.05, 0.1) is 10.4 Å². The van der Waals surface area contributed by atoms with Crippen LogP contribution in [-0.2, 0) is 4.79 Å². The van der Waals surface area contributed by atoms with Crippen molar-refractivity contribution in [1.82, 2.24) is 4.90 Å². The molecule has 1 rings (SSSR count). The first-order valence-electron chi connectivity index (χ1n) is 6.10. The quantitative estimate of drug-likeness (QED) is 0.751. The van der Waals surface area contributed by atoms with Gasteiger partial charge in [0, 0.05) is 13.6 Å². The molecule has 0 bridgehead atoms. The Balaban J connectivity index is 2.72. The minimum atomic E-state index is -0.530. The third-order valence-electron chi connectivity index (χ3n) is 3.53. The molecule has 0 radical (unpaired) electrons. The van der Waals surface area contributed by atoms with Gasteiger partial charge in [-0.3, -0.25) is 4.79 Å². The van der Waals surface area contributed by atoms with Crippen molar-refractivity contribution in [3.8, 4) is 0 Å². The van der Waals surface area contributed by atoms with E-state index in [1.54, 1.807) is 4.90 Å². The molecule has 4 heteroatoms. The van der Waals surface area contributed by atoms with Crippen LogP contribution >= 0.6 is 12.2 Å². The van der Waals surface area contributed by atoms with Gasteiger partial charge in [-0.1, -0.05) is 38.4 Å². The molecule has 3 nitrogen and oxygen atoms in total. The van der Waals surface area contributed by atoms with Crippen molar-refractivity contribution in [3.05, 3.63) is 0 Å². The Labute approximate surface area is 103 Å². The first-order valence-corrected chi connectivity index (χ1v) is 6.51. The lowest BCUT2D eigenvalue weighted by Gasteiger charge is -2.31. The monoisotopic (exact) mass is 242 g/mol. The Morgan fingerprint density at radius 3 is 2.44 bits per heavy atom. The molecule has 1 fully saturated rings. The number of nitrogens with two attached hydrogens (primary N) is 1. The SMILES string of the molecule is CCCCN(C)C(=O)C1(C(N)=S)CCCC1. The van der Waals surface area contributed by atoms with E-state index >= 15 is 0 Å². The molecule has 1 aliphatic rings. The molecular weight excluding hydrogens is 220 g/mol. The smallest absolute Gasteiger partial charge is 0.235 e. The van der Waals surface area contributed by atoms with Gasteiger partial charge in [0.15, 0.2) is 0 Å². The molecule has 0 aliphatic heterocycles. The van der Waals surface area contributed by atoms with Gasteiger partial charge in [0.2, 0.25) is 5.91 Å². The molecule has 0 heterocycles. The number of rotatable bonds is 5. The molecule has 1 saturated carbocycles. The van der Waals surface area contributed by atoms with Crippen LogP contribution in [0.5, 0.6) is 0 Å². The van der Waals surface area contributed by atoms with Crippen LogP contribution in [-0.4, -0.2) is 29.4 Å². The third kappa shape index (κ3) is 2.54. The summed E-state index contributed by atoms with van der Waals surface area (Å²) < 4.78 is 0. The topological polar surface area (TPSA) is 46.3 Å². The predicted molar refractivity (Wildman–Crippen MR) is 70.2 cm³/mol. The Hall–Kier alpha value is -0.640. The highest BCUT2D eigenvalue weighted by molar-refractivity contribution is 7.80. The molecule has 92 valence electrons. The Morgan fingerprint density at radius 1 is 1.44 bits per heavy atom. The van der Waals surface area contributed by atoms with Gasteiger partial charge in [0.25, 0.3) is 0 Å². The summed E-state index contributed by atoms with van der Waals surface area (Å²) in [6.07, 6.45) is 5.91. The maximum atomic E-state index is 12.4. The van der Waals surface area contributed by atoms with Gasteiger partial charge >= 0.3 is 0 Å². The van der Waals surface area contributed by atoms with E-state index in [1.807, 2.05) is 7.05 Å². The van der Waals surface area contributed by atoms with Crippen LogP contribution < -0.4 is 5.73 Å². The van der Waals surface area contributed by atoms with Crippen molar-refractivity contribution >= 4 is 23.1 Å². The lowest BCUT2D eigenvalue weighted by atomic mass is 9.84. The van der Waals surface area contributed by atoms with E-state index in [4.69, 9.17) is 18.0 Å². The van der Waals surface area contributed by atoms with Crippen LogP contribution in [0.3, 0.4) is 0 Å². The number of hydrogen-bond donors (Lipinski definition) is 1. The molecular formula is C12H22N2OS. The molecule has 16 heavy (non-hydrogen) atoms. The maximum Gasteiger partial charge on any atom is 0.235 e. The highest BCUT2D eigenvalue weighted by Gasteiger charge is 2.45. The minimum absolute atomic E-state index is 0.131. The van der Waals surface area contributed by atoms with Gasteiger partial charge < -0.3 is 10.6 Å². The van der Waals surface area contributed by atoms with Gasteiger partial charge in [0.1, 0.15) is 0 Å². The van der Waals surface area contributed by atoms with E-state index < -0.39 is 5.41 Å².